The number of ketones is 1. The Labute approximate surface area is 99.7 Å². The van der Waals surface area contributed by atoms with E-state index in [2.05, 4.69) is 15.8 Å². The second kappa shape index (κ2) is 5.97. The van der Waals surface area contributed by atoms with Crippen LogP contribution in [0.1, 0.15) is 13.8 Å². The second-order valence-electron chi connectivity index (χ2n) is 3.19. The predicted octanol–water partition coefficient (Wildman–Crippen LogP) is 1.94. The van der Waals surface area contributed by atoms with E-state index in [1.807, 2.05) is 30.3 Å². The van der Waals surface area contributed by atoms with E-state index in [0.29, 0.717) is 10.8 Å². The largest absolute Gasteiger partial charge is 0.331 e. The van der Waals surface area contributed by atoms with Crippen LogP contribution in [0.25, 0.3) is 0 Å². The summed E-state index contributed by atoms with van der Waals surface area (Å²) in [5, 5.41) is 7.12. The van der Waals surface area contributed by atoms with E-state index in [4.69, 9.17) is 12.2 Å². The summed E-state index contributed by atoms with van der Waals surface area (Å²) in [4.78, 5) is 10.9. The molecule has 0 heterocycles. The van der Waals surface area contributed by atoms with Crippen molar-refractivity contribution in [2.45, 2.75) is 13.8 Å². The Kier molecular flexibility index (Phi) is 4.60. The van der Waals surface area contributed by atoms with Crippen LogP contribution in [-0.4, -0.2) is 16.6 Å². The molecule has 0 saturated carbocycles. The summed E-state index contributed by atoms with van der Waals surface area (Å²) >= 11 is 5.00. The number of hydrazone groups is 1. The molecule has 16 heavy (non-hydrogen) atoms. The predicted molar refractivity (Wildman–Crippen MR) is 69.6 cm³/mol. The minimum absolute atomic E-state index is 0.0880. The molecule has 0 aliphatic rings. The first-order valence-corrected chi connectivity index (χ1v) is 5.17. The average molecular weight is 235 g/mol. The molecule has 0 radical (unpaired) electrons. The van der Waals surface area contributed by atoms with Crippen molar-refractivity contribution in [3.8, 4) is 0 Å². The Morgan fingerprint density at radius 1 is 1.25 bits per heavy atom. The van der Waals surface area contributed by atoms with Gasteiger partial charge in [-0.2, -0.15) is 5.10 Å². The summed E-state index contributed by atoms with van der Waals surface area (Å²) < 4.78 is 0. The third-order valence-corrected chi connectivity index (χ3v) is 2.06. The molecule has 0 spiro atoms. The van der Waals surface area contributed by atoms with Crippen LogP contribution in [0.4, 0.5) is 5.69 Å². The van der Waals surface area contributed by atoms with Gasteiger partial charge in [0.05, 0.1) is 0 Å². The zero-order chi connectivity index (χ0) is 12.0. The number of anilines is 1. The maximum atomic E-state index is 10.9. The van der Waals surface area contributed by atoms with E-state index in [0.717, 1.165) is 5.69 Å². The molecule has 0 fully saturated rings. The molecule has 2 N–H and O–H groups in total. The average Bonchev–Trinajstić information content (AvgIpc) is 2.27. The molecule has 0 aromatic heterocycles. The SMILES string of the molecule is CC(=O)C(C)=NNC(=S)Nc1ccccc1. The quantitative estimate of drug-likeness (QED) is 0.477. The minimum Gasteiger partial charge on any atom is -0.331 e. The maximum Gasteiger partial charge on any atom is 0.191 e. The van der Waals surface area contributed by atoms with E-state index >= 15 is 0 Å². The highest BCUT2D eigenvalue weighted by atomic mass is 32.1. The topological polar surface area (TPSA) is 53.5 Å². The van der Waals surface area contributed by atoms with Gasteiger partial charge in [-0.1, -0.05) is 18.2 Å². The van der Waals surface area contributed by atoms with Crippen LogP contribution in [-0.2, 0) is 4.79 Å². The van der Waals surface area contributed by atoms with Gasteiger partial charge in [-0.15, -0.1) is 0 Å². The molecule has 5 heteroatoms. The van der Waals surface area contributed by atoms with Gasteiger partial charge < -0.3 is 5.32 Å². The minimum atomic E-state index is -0.0880. The number of Topliss-reactive ketones (excluding diaryl/α,β-unsaturated/α-hetero) is 1. The normalized spacial score (nSPS) is 10.8. The zero-order valence-electron chi connectivity index (χ0n) is 9.15. The van der Waals surface area contributed by atoms with E-state index in [1.165, 1.54) is 6.92 Å². The van der Waals surface area contributed by atoms with Gasteiger partial charge in [-0.05, 0) is 31.3 Å². The number of nitrogens with one attached hydrogen (secondary N) is 2. The van der Waals surface area contributed by atoms with E-state index in [-0.39, 0.29) is 5.78 Å². The number of carbonyl (C=O) groups excluding carboxylic acids is 1. The number of hydrogen-bond donors (Lipinski definition) is 2. The number of benzene rings is 1. The fourth-order valence-corrected chi connectivity index (χ4v) is 1.06. The van der Waals surface area contributed by atoms with Crippen LogP contribution in [0.2, 0.25) is 0 Å². The summed E-state index contributed by atoms with van der Waals surface area (Å²) in [7, 11) is 0. The highest BCUT2D eigenvalue weighted by molar-refractivity contribution is 7.80. The van der Waals surface area contributed by atoms with Crippen LogP contribution in [0, 0.1) is 0 Å². The number of hydrogen-bond acceptors (Lipinski definition) is 3. The summed E-state index contributed by atoms with van der Waals surface area (Å²) in [5.74, 6) is -0.0880. The molecule has 0 unspecified atom stereocenters. The molecule has 0 aliphatic carbocycles. The first kappa shape index (κ1) is 12.3. The third-order valence-electron chi connectivity index (χ3n) is 1.87. The first-order chi connectivity index (χ1) is 7.59. The maximum absolute atomic E-state index is 10.9. The molecule has 1 aromatic rings. The summed E-state index contributed by atoms with van der Waals surface area (Å²) in [6.45, 7) is 3.08. The van der Waals surface area contributed by atoms with Gasteiger partial charge in [-0.3, -0.25) is 10.2 Å². The Morgan fingerprint density at radius 2 is 1.88 bits per heavy atom. The summed E-state index contributed by atoms with van der Waals surface area (Å²) in [6.07, 6.45) is 0. The lowest BCUT2D eigenvalue weighted by Crippen LogP contribution is -2.25. The van der Waals surface area contributed by atoms with Crippen LogP contribution >= 0.6 is 12.2 Å². The van der Waals surface area contributed by atoms with Crippen molar-refractivity contribution in [1.82, 2.24) is 5.43 Å². The molecule has 0 atom stereocenters. The number of rotatable bonds is 3. The van der Waals surface area contributed by atoms with Gasteiger partial charge in [0.25, 0.3) is 0 Å². The lowest BCUT2D eigenvalue weighted by molar-refractivity contribution is -0.111. The van der Waals surface area contributed by atoms with Gasteiger partial charge in [0.15, 0.2) is 10.9 Å². The second-order valence-corrected chi connectivity index (χ2v) is 3.59. The monoisotopic (exact) mass is 235 g/mol. The van der Waals surface area contributed by atoms with Crippen LogP contribution in [0.5, 0.6) is 0 Å². The molecule has 1 rings (SSSR count). The first-order valence-electron chi connectivity index (χ1n) is 4.77. The zero-order valence-corrected chi connectivity index (χ0v) is 9.97. The molecule has 4 nitrogen and oxygen atoms in total. The van der Waals surface area contributed by atoms with Crippen molar-refractivity contribution in [3.63, 3.8) is 0 Å². The van der Waals surface area contributed by atoms with Gasteiger partial charge in [0, 0.05) is 12.6 Å². The van der Waals surface area contributed by atoms with Crippen molar-refractivity contribution in [2.75, 3.05) is 5.32 Å². The molecule has 0 bridgehead atoms. The third kappa shape index (κ3) is 4.18. The van der Waals surface area contributed by atoms with Crippen LogP contribution in [0.3, 0.4) is 0 Å². The summed E-state index contributed by atoms with van der Waals surface area (Å²) in [5.41, 5.74) is 3.86. The van der Waals surface area contributed by atoms with Crippen molar-refractivity contribution in [1.29, 1.82) is 0 Å². The summed E-state index contributed by atoms with van der Waals surface area (Å²) in [6, 6.07) is 9.48. The van der Waals surface area contributed by atoms with E-state index in [9.17, 15) is 4.79 Å². The van der Waals surface area contributed by atoms with Crippen LogP contribution < -0.4 is 10.7 Å². The van der Waals surface area contributed by atoms with Crippen molar-refractivity contribution >= 4 is 34.5 Å². The smallest absolute Gasteiger partial charge is 0.191 e. The van der Waals surface area contributed by atoms with Crippen molar-refractivity contribution in [3.05, 3.63) is 30.3 Å². The van der Waals surface area contributed by atoms with Gasteiger partial charge in [-0.25, -0.2) is 0 Å². The van der Waals surface area contributed by atoms with Gasteiger partial charge in [0.1, 0.15) is 5.71 Å². The number of nitrogens with zero attached hydrogens (tertiary/aromatic N) is 1. The molecule has 0 amide bonds. The van der Waals surface area contributed by atoms with Gasteiger partial charge >= 0.3 is 0 Å². The molecule has 0 aliphatic heterocycles. The number of para-hydroxylation sites is 1. The lowest BCUT2D eigenvalue weighted by Gasteiger charge is -2.06. The highest BCUT2D eigenvalue weighted by Gasteiger charge is 1.98. The van der Waals surface area contributed by atoms with Crippen LogP contribution in [0.15, 0.2) is 35.4 Å². The van der Waals surface area contributed by atoms with E-state index < -0.39 is 0 Å². The fraction of sp³-hybridized carbons (Fsp3) is 0.182. The lowest BCUT2D eigenvalue weighted by atomic mass is 10.3. The van der Waals surface area contributed by atoms with E-state index in [1.54, 1.807) is 6.92 Å². The Morgan fingerprint density at radius 3 is 2.44 bits per heavy atom. The van der Waals surface area contributed by atoms with Gasteiger partial charge in [0.2, 0.25) is 0 Å². The standard InChI is InChI=1S/C11H13N3OS/c1-8(9(2)15)13-14-11(16)12-10-6-4-3-5-7-10/h3-7H,1-2H3,(H2,12,14,16). The Bertz CT molecular complexity index is 414. The molecule has 0 saturated heterocycles. The van der Waals surface area contributed by atoms with Crippen molar-refractivity contribution in [2.24, 2.45) is 5.10 Å². The number of carbonyl (C=O) groups is 1. The number of thiocarbonyl (C=S) groups is 1. The Balaban J connectivity index is 2.49. The molecular formula is C11H13N3OS. The molecular weight excluding hydrogens is 222 g/mol. The molecule has 1 aromatic carbocycles. The Hall–Kier alpha value is -1.75. The fourth-order valence-electron chi connectivity index (χ4n) is 0.894. The highest BCUT2D eigenvalue weighted by Crippen LogP contribution is 2.04. The van der Waals surface area contributed by atoms with Crippen molar-refractivity contribution < 1.29 is 4.79 Å². The molecule has 84 valence electrons.